The molecule has 96 valence electrons. The molecule has 1 N–H and O–H groups in total. The maximum Gasteiger partial charge on any atom is 0.293 e. The van der Waals surface area contributed by atoms with Crippen LogP contribution in [0.15, 0.2) is 28.7 Å². The molecule has 6 nitrogen and oxygen atoms in total. The third-order valence-electron chi connectivity index (χ3n) is 3.06. The first-order chi connectivity index (χ1) is 8.55. The molecule has 0 spiro atoms. The standard InChI is InChI=1S/C11H13N3O3S/c15-11-10(12-4-5-14(11)9-1-2-9)13-8-3-6-18(16,17)7-8/h3-6,8-9H,1-2,7H2,(H,12,13). The van der Waals surface area contributed by atoms with Gasteiger partial charge in [-0.15, -0.1) is 0 Å². The summed E-state index contributed by atoms with van der Waals surface area (Å²) in [6.45, 7) is 0. The van der Waals surface area contributed by atoms with Crippen LogP contribution in [0.5, 0.6) is 0 Å². The minimum atomic E-state index is -3.12. The van der Waals surface area contributed by atoms with Crippen molar-refractivity contribution in [2.45, 2.75) is 24.9 Å². The molecule has 18 heavy (non-hydrogen) atoms. The highest BCUT2D eigenvalue weighted by atomic mass is 32.2. The van der Waals surface area contributed by atoms with Gasteiger partial charge in [0.05, 0.1) is 11.8 Å². The van der Waals surface area contributed by atoms with Gasteiger partial charge in [-0.3, -0.25) is 4.79 Å². The number of nitrogens with one attached hydrogen (secondary N) is 1. The van der Waals surface area contributed by atoms with Crippen LogP contribution >= 0.6 is 0 Å². The second kappa shape index (κ2) is 3.94. The normalized spacial score (nSPS) is 25.2. The van der Waals surface area contributed by atoms with E-state index in [1.165, 1.54) is 5.41 Å². The maximum atomic E-state index is 12.1. The summed E-state index contributed by atoms with van der Waals surface area (Å²) in [5, 5.41) is 4.05. The van der Waals surface area contributed by atoms with Crippen molar-refractivity contribution >= 4 is 15.7 Å². The lowest BCUT2D eigenvalue weighted by Crippen LogP contribution is -2.29. The zero-order valence-electron chi connectivity index (χ0n) is 9.61. The second-order valence-corrected chi connectivity index (χ2v) is 6.56. The van der Waals surface area contributed by atoms with Gasteiger partial charge in [0, 0.05) is 23.8 Å². The number of hydrogen-bond acceptors (Lipinski definition) is 5. The van der Waals surface area contributed by atoms with Crippen LogP contribution < -0.4 is 10.9 Å². The van der Waals surface area contributed by atoms with E-state index in [-0.39, 0.29) is 29.2 Å². The van der Waals surface area contributed by atoms with Gasteiger partial charge in [0.2, 0.25) is 0 Å². The number of hydrogen-bond donors (Lipinski definition) is 1. The second-order valence-electron chi connectivity index (χ2n) is 4.63. The molecule has 1 aliphatic carbocycles. The van der Waals surface area contributed by atoms with Crippen LogP contribution in [-0.4, -0.2) is 29.8 Å². The van der Waals surface area contributed by atoms with Gasteiger partial charge >= 0.3 is 0 Å². The van der Waals surface area contributed by atoms with Gasteiger partial charge in [-0.05, 0) is 18.9 Å². The molecular formula is C11H13N3O3S. The molecule has 1 fully saturated rings. The van der Waals surface area contributed by atoms with E-state index in [0.717, 1.165) is 12.8 Å². The Kier molecular flexibility index (Phi) is 2.51. The molecule has 1 atom stereocenters. The minimum absolute atomic E-state index is 0.0214. The van der Waals surface area contributed by atoms with Crippen LogP contribution in [0.2, 0.25) is 0 Å². The van der Waals surface area contributed by atoms with Gasteiger partial charge in [0.15, 0.2) is 15.7 Å². The summed E-state index contributed by atoms with van der Waals surface area (Å²) >= 11 is 0. The maximum absolute atomic E-state index is 12.1. The fraction of sp³-hybridized carbons (Fsp3) is 0.455. The lowest BCUT2D eigenvalue weighted by molar-refractivity contribution is 0.605. The van der Waals surface area contributed by atoms with Crippen LogP contribution in [-0.2, 0) is 9.84 Å². The Balaban J connectivity index is 1.84. The number of anilines is 1. The van der Waals surface area contributed by atoms with Crippen LogP contribution in [0.1, 0.15) is 18.9 Å². The first-order valence-electron chi connectivity index (χ1n) is 5.80. The third kappa shape index (κ3) is 2.17. The largest absolute Gasteiger partial charge is 0.358 e. The molecule has 3 rings (SSSR count). The Morgan fingerprint density at radius 1 is 1.39 bits per heavy atom. The highest BCUT2D eigenvalue weighted by Gasteiger charge is 2.27. The number of rotatable bonds is 3. The molecule has 2 aliphatic rings. The molecule has 1 aliphatic heterocycles. The average molecular weight is 267 g/mol. The molecule has 2 heterocycles. The van der Waals surface area contributed by atoms with Gasteiger partial charge in [0.25, 0.3) is 5.56 Å². The van der Waals surface area contributed by atoms with E-state index in [1.807, 2.05) is 0 Å². The van der Waals surface area contributed by atoms with Gasteiger partial charge < -0.3 is 9.88 Å². The average Bonchev–Trinajstić information content (AvgIpc) is 3.08. The van der Waals surface area contributed by atoms with Crippen molar-refractivity contribution in [3.05, 3.63) is 34.2 Å². The van der Waals surface area contributed by atoms with Crippen molar-refractivity contribution in [3.8, 4) is 0 Å². The van der Waals surface area contributed by atoms with Gasteiger partial charge in [-0.2, -0.15) is 0 Å². The van der Waals surface area contributed by atoms with Gasteiger partial charge in [0.1, 0.15) is 0 Å². The molecule has 1 aromatic rings. The predicted octanol–water partition coefficient (Wildman–Crippen LogP) is 0.301. The molecule has 7 heteroatoms. The third-order valence-corrected chi connectivity index (χ3v) is 4.46. The van der Waals surface area contributed by atoms with Crippen molar-refractivity contribution in [3.63, 3.8) is 0 Å². The molecular weight excluding hydrogens is 254 g/mol. The molecule has 0 saturated heterocycles. The Morgan fingerprint density at radius 2 is 2.17 bits per heavy atom. The quantitative estimate of drug-likeness (QED) is 0.852. The first kappa shape index (κ1) is 11.5. The van der Waals surface area contributed by atoms with Crippen molar-refractivity contribution in [2.24, 2.45) is 0 Å². The molecule has 0 aromatic carbocycles. The van der Waals surface area contributed by atoms with Crippen LogP contribution in [0.25, 0.3) is 0 Å². The topological polar surface area (TPSA) is 81.1 Å². The molecule has 0 amide bonds. The monoisotopic (exact) mass is 267 g/mol. The SMILES string of the molecule is O=c1c(NC2C=CS(=O)(=O)C2)nccn1C1CC1. The fourth-order valence-corrected chi connectivity index (χ4v) is 3.24. The van der Waals surface area contributed by atoms with Gasteiger partial charge in [-0.25, -0.2) is 13.4 Å². The van der Waals surface area contributed by atoms with E-state index in [1.54, 1.807) is 23.0 Å². The van der Waals surface area contributed by atoms with Crippen molar-refractivity contribution < 1.29 is 8.42 Å². The van der Waals surface area contributed by atoms with Crippen LogP contribution in [0, 0.1) is 0 Å². The van der Waals surface area contributed by atoms with Crippen molar-refractivity contribution in [2.75, 3.05) is 11.1 Å². The van der Waals surface area contributed by atoms with E-state index < -0.39 is 9.84 Å². The summed E-state index contributed by atoms with van der Waals surface area (Å²) in [5.41, 5.74) is -0.183. The summed E-state index contributed by atoms with van der Waals surface area (Å²) in [4.78, 5) is 16.1. The molecule has 0 radical (unpaired) electrons. The van der Waals surface area contributed by atoms with E-state index in [0.29, 0.717) is 0 Å². The molecule has 1 saturated carbocycles. The van der Waals surface area contributed by atoms with Crippen molar-refractivity contribution in [1.29, 1.82) is 0 Å². The van der Waals surface area contributed by atoms with E-state index in [9.17, 15) is 13.2 Å². The van der Waals surface area contributed by atoms with Gasteiger partial charge in [-0.1, -0.05) is 0 Å². The lowest BCUT2D eigenvalue weighted by atomic mass is 10.3. The molecule has 0 bridgehead atoms. The predicted molar refractivity (Wildman–Crippen MR) is 67.1 cm³/mol. The summed E-state index contributed by atoms with van der Waals surface area (Å²) in [5.74, 6) is 0.197. The summed E-state index contributed by atoms with van der Waals surface area (Å²) in [6, 6.07) is -0.0887. The summed E-state index contributed by atoms with van der Waals surface area (Å²) in [6.07, 6.45) is 6.81. The Bertz CT molecular complexity index is 658. The van der Waals surface area contributed by atoms with E-state index in [4.69, 9.17) is 0 Å². The molecule has 1 unspecified atom stereocenters. The lowest BCUT2D eigenvalue weighted by Gasteiger charge is -2.11. The van der Waals surface area contributed by atoms with Crippen LogP contribution in [0.4, 0.5) is 5.82 Å². The Labute approximate surface area is 104 Å². The molecule has 1 aromatic heterocycles. The summed E-state index contributed by atoms with van der Waals surface area (Å²) < 4.78 is 24.2. The number of nitrogens with zero attached hydrogens (tertiary/aromatic N) is 2. The van der Waals surface area contributed by atoms with Crippen molar-refractivity contribution in [1.82, 2.24) is 9.55 Å². The minimum Gasteiger partial charge on any atom is -0.358 e. The Morgan fingerprint density at radius 3 is 2.78 bits per heavy atom. The zero-order chi connectivity index (χ0) is 12.8. The van der Waals surface area contributed by atoms with E-state index >= 15 is 0 Å². The Hall–Kier alpha value is -1.63. The van der Waals surface area contributed by atoms with E-state index in [2.05, 4.69) is 10.3 Å². The summed E-state index contributed by atoms with van der Waals surface area (Å²) in [7, 11) is -3.12. The first-order valence-corrected chi connectivity index (χ1v) is 7.51. The smallest absolute Gasteiger partial charge is 0.293 e. The highest BCUT2D eigenvalue weighted by molar-refractivity contribution is 7.94. The fourth-order valence-electron chi connectivity index (χ4n) is 2.01. The number of aromatic nitrogens is 2. The highest BCUT2D eigenvalue weighted by Crippen LogP contribution is 2.33. The number of sulfone groups is 1. The van der Waals surface area contributed by atoms with Crippen LogP contribution in [0.3, 0.4) is 0 Å². The zero-order valence-corrected chi connectivity index (χ0v) is 10.4.